The zero-order chi connectivity index (χ0) is 12.0. The highest BCUT2D eigenvalue weighted by atomic mass is 14.3. The highest BCUT2D eigenvalue weighted by Crippen LogP contribution is 2.43. The van der Waals surface area contributed by atoms with Gasteiger partial charge in [-0.05, 0) is 74.4 Å². The van der Waals surface area contributed by atoms with Crippen molar-refractivity contribution in [3.05, 3.63) is 39.0 Å². The van der Waals surface area contributed by atoms with Crippen molar-refractivity contribution in [1.82, 2.24) is 0 Å². The Bertz CT molecular complexity index is 476. The molecule has 1 unspecified atom stereocenters. The van der Waals surface area contributed by atoms with Gasteiger partial charge >= 0.3 is 0 Å². The average molecular weight is 214 g/mol. The first kappa shape index (κ1) is 11.4. The second kappa shape index (κ2) is 3.76. The normalized spacial score (nSPS) is 18.6. The van der Waals surface area contributed by atoms with Crippen molar-refractivity contribution in [2.75, 3.05) is 0 Å². The van der Waals surface area contributed by atoms with Gasteiger partial charge in [0.1, 0.15) is 0 Å². The minimum Gasteiger partial charge on any atom is -0.0652 e. The predicted molar refractivity (Wildman–Crippen MR) is 72.1 cm³/mol. The highest BCUT2D eigenvalue weighted by molar-refractivity contribution is 5.72. The molecule has 0 N–H and O–H groups in total. The van der Waals surface area contributed by atoms with Crippen LogP contribution in [0.1, 0.15) is 59.6 Å². The summed E-state index contributed by atoms with van der Waals surface area (Å²) in [6.45, 7) is 13.6. The lowest BCUT2D eigenvalue weighted by Crippen LogP contribution is -2.03. The van der Waals surface area contributed by atoms with E-state index < -0.39 is 0 Å². The monoisotopic (exact) mass is 214 g/mol. The minimum atomic E-state index is 0.660. The van der Waals surface area contributed by atoms with Crippen molar-refractivity contribution in [3.63, 3.8) is 0 Å². The zero-order valence-electron chi connectivity index (χ0n) is 11.4. The van der Waals surface area contributed by atoms with Gasteiger partial charge in [-0.25, -0.2) is 0 Å². The van der Waals surface area contributed by atoms with Gasteiger partial charge < -0.3 is 0 Å². The molecule has 1 aliphatic rings. The van der Waals surface area contributed by atoms with Gasteiger partial charge in [0.15, 0.2) is 0 Å². The maximum Gasteiger partial charge on any atom is 0.00548 e. The molecule has 0 bridgehead atoms. The van der Waals surface area contributed by atoms with Gasteiger partial charge in [0, 0.05) is 5.92 Å². The molecule has 0 saturated carbocycles. The summed E-state index contributed by atoms with van der Waals surface area (Å²) in [5.74, 6) is 0.660. The second-order valence-electron chi connectivity index (χ2n) is 5.18. The van der Waals surface area contributed by atoms with Gasteiger partial charge in [0.05, 0.1) is 0 Å². The summed E-state index contributed by atoms with van der Waals surface area (Å²) < 4.78 is 0. The molecule has 1 atom stereocenters. The Kier molecular flexibility index (Phi) is 2.69. The molecule has 0 radical (unpaired) electrons. The van der Waals surface area contributed by atoms with Gasteiger partial charge in [-0.15, -0.1) is 0 Å². The van der Waals surface area contributed by atoms with Gasteiger partial charge in [-0.1, -0.05) is 18.6 Å². The Morgan fingerprint density at radius 1 is 0.875 bits per heavy atom. The lowest BCUT2D eigenvalue weighted by atomic mass is 9.85. The van der Waals surface area contributed by atoms with Crippen molar-refractivity contribution in [2.24, 2.45) is 0 Å². The van der Waals surface area contributed by atoms with E-state index in [9.17, 15) is 0 Å². The lowest BCUT2D eigenvalue weighted by Gasteiger charge is -2.20. The van der Waals surface area contributed by atoms with Crippen LogP contribution >= 0.6 is 0 Å². The molecule has 0 spiro atoms. The molecule has 0 aromatic heterocycles. The molecule has 2 rings (SSSR count). The zero-order valence-corrected chi connectivity index (χ0v) is 11.4. The number of fused-ring (bicyclic) bond motifs is 1. The van der Waals surface area contributed by atoms with Crippen LogP contribution in [0.25, 0.3) is 6.08 Å². The van der Waals surface area contributed by atoms with E-state index >= 15 is 0 Å². The van der Waals surface area contributed by atoms with Crippen LogP contribution in [-0.4, -0.2) is 0 Å². The summed E-state index contributed by atoms with van der Waals surface area (Å²) in [5, 5.41) is 0. The van der Waals surface area contributed by atoms with Crippen molar-refractivity contribution >= 4 is 6.08 Å². The van der Waals surface area contributed by atoms with E-state index in [-0.39, 0.29) is 0 Å². The van der Waals surface area contributed by atoms with E-state index in [1.165, 1.54) is 39.8 Å². The summed E-state index contributed by atoms with van der Waals surface area (Å²) in [5.41, 5.74) is 10.6. The van der Waals surface area contributed by atoms with E-state index in [0.717, 1.165) is 0 Å². The van der Waals surface area contributed by atoms with Crippen LogP contribution in [0.4, 0.5) is 0 Å². The topological polar surface area (TPSA) is 0 Å². The Balaban J connectivity index is 2.77. The first-order chi connectivity index (χ1) is 7.49. The van der Waals surface area contributed by atoms with Crippen molar-refractivity contribution in [2.45, 2.75) is 53.9 Å². The SMILES string of the molecule is CCC1C(C)=Cc2c(C)c(C)c(C)c(C)c21. The van der Waals surface area contributed by atoms with Crippen LogP contribution in [-0.2, 0) is 0 Å². The number of benzene rings is 1. The first-order valence-corrected chi connectivity index (χ1v) is 6.27. The largest absolute Gasteiger partial charge is 0.0652 e. The molecule has 0 aliphatic heterocycles. The van der Waals surface area contributed by atoms with Gasteiger partial charge in [0.2, 0.25) is 0 Å². The molecule has 86 valence electrons. The number of hydrogen-bond acceptors (Lipinski definition) is 0. The third kappa shape index (κ3) is 1.36. The fourth-order valence-electron chi connectivity index (χ4n) is 3.09. The molecule has 0 amide bonds. The standard InChI is InChI=1S/C16H22/c1-7-14-9(2)8-15-12(5)10(3)11(4)13(6)16(14)15/h8,14H,7H2,1-6H3. The van der Waals surface area contributed by atoms with E-state index in [1.807, 2.05) is 0 Å². The van der Waals surface area contributed by atoms with Crippen molar-refractivity contribution in [3.8, 4) is 0 Å². The number of allylic oxidation sites excluding steroid dienone is 1. The van der Waals surface area contributed by atoms with Crippen LogP contribution in [0, 0.1) is 27.7 Å². The van der Waals surface area contributed by atoms with Crippen molar-refractivity contribution in [1.29, 1.82) is 0 Å². The van der Waals surface area contributed by atoms with E-state index in [2.05, 4.69) is 47.6 Å². The van der Waals surface area contributed by atoms with Crippen molar-refractivity contribution < 1.29 is 0 Å². The molecule has 0 heteroatoms. The fourth-order valence-corrected chi connectivity index (χ4v) is 3.09. The summed E-state index contributed by atoms with van der Waals surface area (Å²) in [4.78, 5) is 0. The number of rotatable bonds is 1. The Morgan fingerprint density at radius 3 is 2.00 bits per heavy atom. The summed E-state index contributed by atoms with van der Waals surface area (Å²) in [6, 6.07) is 0. The lowest BCUT2D eigenvalue weighted by molar-refractivity contribution is 0.768. The first-order valence-electron chi connectivity index (χ1n) is 6.27. The van der Waals surface area contributed by atoms with Crippen LogP contribution in [0.3, 0.4) is 0 Å². The summed E-state index contributed by atoms with van der Waals surface area (Å²) >= 11 is 0. The van der Waals surface area contributed by atoms with Gasteiger partial charge in [0.25, 0.3) is 0 Å². The molecule has 0 saturated heterocycles. The van der Waals surface area contributed by atoms with E-state index in [1.54, 1.807) is 5.56 Å². The molecule has 0 heterocycles. The molecule has 1 aromatic carbocycles. The summed E-state index contributed by atoms with van der Waals surface area (Å²) in [6.07, 6.45) is 3.62. The van der Waals surface area contributed by atoms with Gasteiger partial charge in [-0.2, -0.15) is 0 Å². The van der Waals surface area contributed by atoms with Crippen LogP contribution in [0.15, 0.2) is 5.57 Å². The Labute approximate surface area is 99.4 Å². The quantitative estimate of drug-likeness (QED) is 0.628. The van der Waals surface area contributed by atoms with E-state index in [0.29, 0.717) is 5.92 Å². The smallest absolute Gasteiger partial charge is 0.00548 e. The number of hydrogen-bond donors (Lipinski definition) is 0. The summed E-state index contributed by atoms with van der Waals surface area (Å²) in [7, 11) is 0. The molecular weight excluding hydrogens is 192 g/mol. The maximum atomic E-state index is 2.40. The minimum absolute atomic E-state index is 0.660. The fraction of sp³-hybridized carbons (Fsp3) is 0.500. The average Bonchev–Trinajstić information content (AvgIpc) is 2.60. The third-order valence-electron chi connectivity index (χ3n) is 4.46. The Morgan fingerprint density at radius 2 is 1.44 bits per heavy atom. The second-order valence-corrected chi connectivity index (χ2v) is 5.18. The maximum absolute atomic E-state index is 2.40. The van der Waals surface area contributed by atoms with Gasteiger partial charge in [-0.3, -0.25) is 0 Å². The molecule has 1 aromatic rings. The molecule has 0 nitrogen and oxygen atoms in total. The van der Waals surface area contributed by atoms with E-state index in [4.69, 9.17) is 0 Å². The molecular formula is C16H22. The molecule has 0 fully saturated rings. The Hall–Kier alpha value is -1.04. The van der Waals surface area contributed by atoms with Crippen LogP contribution < -0.4 is 0 Å². The molecule has 1 aliphatic carbocycles. The third-order valence-corrected chi connectivity index (χ3v) is 4.46. The highest BCUT2D eigenvalue weighted by Gasteiger charge is 2.26. The molecule has 16 heavy (non-hydrogen) atoms. The predicted octanol–water partition coefficient (Wildman–Crippen LogP) is 4.83. The van der Waals surface area contributed by atoms with Crippen LogP contribution in [0.2, 0.25) is 0 Å². The van der Waals surface area contributed by atoms with Crippen LogP contribution in [0.5, 0.6) is 0 Å².